The molecule has 0 fully saturated rings. The number of hydrogen-bond acceptors (Lipinski definition) is 8. The molecule has 0 amide bonds. The lowest BCUT2D eigenvalue weighted by molar-refractivity contribution is 0.374. The highest BCUT2D eigenvalue weighted by molar-refractivity contribution is 9.10. The summed E-state index contributed by atoms with van der Waals surface area (Å²) in [5.74, 6) is -1.04. The van der Waals surface area contributed by atoms with Crippen molar-refractivity contribution in [3.8, 4) is 57.5 Å². The Kier molecular flexibility index (Phi) is 10.4. The average Bonchev–Trinajstić information content (AvgIpc) is 2.97. The van der Waals surface area contributed by atoms with Crippen LogP contribution in [0.2, 0.25) is 5.02 Å². The fraction of sp³-hybridized carbons (Fsp3) is 0.176. The Balaban J connectivity index is 1.57. The molecular formula is C34H28BrCl3O8. The van der Waals surface area contributed by atoms with E-state index >= 15 is 0 Å². The van der Waals surface area contributed by atoms with E-state index < -0.39 is 0 Å². The van der Waals surface area contributed by atoms with Crippen LogP contribution in [0.4, 0.5) is 0 Å². The molecule has 12 heteroatoms. The van der Waals surface area contributed by atoms with Gasteiger partial charge in [0, 0.05) is 39.7 Å². The van der Waals surface area contributed by atoms with Crippen molar-refractivity contribution in [2.24, 2.45) is 0 Å². The summed E-state index contributed by atoms with van der Waals surface area (Å²) >= 11 is 22.8. The minimum atomic E-state index is -0.325. The highest BCUT2D eigenvalue weighted by Gasteiger charge is 2.19. The number of fused-ring (bicyclic) bond motifs is 8. The third-order valence-corrected chi connectivity index (χ3v) is 8.81. The summed E-state index contributed by atoms with van der Waals surface area (Å²) in [6.07, 6.45) is 5.34. The molecule has 0 saturated carbocycles. The number of rotatable bonds is 0. The lowest BCUT2D eigenvalue weighted by Crippen LogP contribution is -1.97. The van der Waals surface area contributed by atoms with E-state index in [1.165, 1.54) is 36.4 Å². The van der Waals surface area contributed by atoms with E-state index in [1.54, 1.807) is 12.1 Å². The first-order valence-electron chi connectivity index (χ1n) is 14.0. The number of halogens is 4. The van der Waals surface area contributed by atoms with Crippen molar-refractivity contribution in [2.45, 2.75) is 38.5 Å². The molecule has 4 aromatic carbocycles. The third-order valence-electron chi connectivity index (χ3n) is 7.27. The van der Waals surface area contributed by atoms with E-state index in [0.29, 0.717) is 68.2 Å². The molecule has 46 heavy (non-hydrogen) atoms. The van der Waals surface area contributed by atoms with Crippen LogP contribution in [-0.4, -0.2) is 30.6 Å². The maximum Gasteiger partial charge on any atom is 0.210 e. The van der Waals surface area contributed by atoms with Crippen molar-refractivity contribution in [3.05, 3.63) is 102 Å². The third kappa shape index (κ3) is 7.90. The molecular weight excluding hydrogens is 723 g/mol. The predicted molar refractivity (Wildman–Crippen MR) is 181 cm³/mol. The lowest BCUT2D eigenvalue weighted by atomic mass is 10.1. The first-order chi connectivity index (χ1) is 21.9. The number of phenolic OH excluding ortho intramolecular Hbond substituents is 6. The summed E-state index contributed by atoms with van der Waals surface area (Å²) in [4.78, 5) is 0. The predicted octanol–water partition coefficient (Wildman–Crippen LogP) is 9.83. The van der Waals surface area contributed by atoms with Gasteiger partial charge in [0.25, 0.3) is 0 Å². The van der Waals surface area contributed by atoms with Gasteiger partial charge in [-0.1, -0.05) is 47.0 Å². The highest BCUT2D eigenvalue weighted by atomic mass is 79.9. The summed E-state index contributed by atoms with van der Waals surface area (Å²) in [5.41, 5.74) is 1.92. The van der Waals surface area contributed by atoms with Crippen LogP contribution in [0.5, 0.6) is 57.5 Å². The molecule has 2 heterocycles. The number of allylic oxidation sites excluding steroid dienone is 4. The highest BCUT2D eigenvalue weighted by Crippen LogP contribution is 2.45. The van der Waals surface area contributed by atoms with Crippen LogP contribution in [-0.2, 0) is 25.7 Å². The largest absolute Gasteiger partial charge is 0.508 e. The molecule has 0 aromatic heterocycles. The van der Waals surface area contributed by atoms with Crippen LogP contribution in [0.15, 0.2) is 75.2 Å². The first-order valence-corrected chi connectivity index (χ1v) is 16.0. The molecule has 4 aromatic rings. The van der Waals surface area contributed by atoms with E-state index in [4.69, 9.17) is 44.3 Å². The topological polar surface area (TPSA) is 140 Å². The molecule has 0 unspecified atom stereocenters. The molecule has 0 aliphatic carbocycles. The Morgan fingerprint density at radius 1 is 0.565 bits per heavy atom. The van der Waals surface area contributed by atoms with Crippen molar-refractivity contribution >= 4 is 50.7 Å². The quantitative estimate of drug-likeness (QED) is 0.104. The van der Waals surface area contributed by atoms with Gasteiger partial charge in [-0.3, -0.25) is 0 Å². The smallest absolute Gasteiger partial charge is 0.210 e. The maximum absolute atomic E-state index is 10.7. The van der Waals surface area contributed by atoms with Gasteiger partial charge >= 0.3 is 0 Å². The van der Waals surface area contributed by atoms with Gasteiger partial charge in [-0.2, -0.15) is 0 Å². The van der Waals surface area contributed by atoms with E-state index in [2.05, 4.69) is 15.9 Å². The van der Waals surface area contributed by atoms with Crippen molar-refractivity contribution in [1.29, 1.82) is 0 Å². The fourth-order valence-corrected chi connectivity index (χ4v) is 5.98. The second-order valence-electron chi connectivity index (χ2n) is 10.7. The van der Waals surface area contributed by atoms with Gasteiger partial charge in [0.05, 0.1) is 9.50 Å². The van der Waals surface area contributed by atoms with Crippen molar-refractivity contribution < 1.29 is 40.1 Å². The van der Waals surface area contributed by atoms with Gasteiger partial charge in [0.15, 0.2) is 23.0 Å². The second kappa shape index (κ2) is 14.3. The number of ether oxygens (including phenoxy) is 2. The molecule has 0 radical (unpaired) electrons. The summed E-state index contributed by atoms with van der Waals surface area (Å²) in [6, 6.07) is 11.3. The Labute approximate surface area is 288 Å². The van der Waals surface area contributed by atoms with Gasteiger partial charge in [0.1, 0.15) is 28.7 Å². The monoisotopic (exact) mass is 748 g/mol. The van der Waals surface area contributed by atoms with Crippen LogP contribution in [0.25, 0.3) is 0 Å². The van der Waals surface area contributed by atoms with Gasteiger partial charge < -0.3 is 40.1 Å². The van der Waals surface area contributed by atoms with Crippen LogP contribution < -0.4 is 9.47 Å². The van der Waals surface area contributed by atoms with Crippen LogP contribution >= 0.6 is 50.7 Å². The molecule has 0 spiro atoms. The summed E-state index contributed by atoms with van der Waals surface area (Å²) in [5, 5.41) is 64.4. The zero-order valence-corrected chi connectivity index (χ0v) is 27.9. The molecule has 0 atom stereocenters. The maximum atomic E-state index is 10.7. The first kappa shape index (κ1) is 33.5. The summed E-state index contributed by atoms with van der Waals surface area (Å²) < 4.78 is 12.3. The number of aryl methyl sites for hydroxylation is 2. The van der Waals surface area contributed by atoms with Crippen LogP contribution in [0.1, 0.15) is 35.1 Å². The molecule has 240 valence electrons. The zero-order valence-electron chi connectivity index (χ0n) is 24.0. The number of aromatic hydroxyl groups is 6. The van der Waals surface area contributed by atoms with Crippen LogP contribution in [0.3, 0.4) is 0 Å². The molecule has 0 saturated heterocycles. The van der Waals surface area contributed by atoms with E-state index in [1.807, 2.05) is 6.08 Å². The number of benzene rings is 4. The van der Waals surface area contributed by atoms with Crippen molar-refractivity contribution in [1.82, 2.24) is 0 Å². The lowest BCUT2D eigenvalue weighted by Gasteiger charge is -2.16. The Morgan fingerprint density at radius 2 is 1.22 bits per heavy atom. The minimum absolute atomic E-state index is 0.0354. The van der Waals surface area contributed by atoms with Gasteiger partial charge in [0.2, 0.25) is 5.75 Å². The Hall–Kier alpha value is -3.89. The summed E-state index contributed by atoms with van der Waals surface area (Å²) in [6.45, 7) is 0. The second-order valence-corrected chi connectivity index (χ2v) is 12.9. The van der Waals surface area contributed by atoms with Crippen LogP contribution in [0, 0.1) is 0 Å². The molecule has 6 bridgehead atoms. The Bertz CT molecular complexity index is 1850. The zero-order chi connectivity index (χ0) is 33.1. The molecule has 6 N–H and O–H groups in total. The van der Waals surface area contributed by atoms with Gasteiger partial charge in [-0.05, 0) is 95.6 Å². The molecule has 2 aliphatic rings. The number of phenols is 6. The van der Waals surface area contributed by atoms with E-state index in [-0.39, 0.29) is 69.6 Å². The van der Waals surface area contributed by atoms with E-state index in [0.717, 1.165) is 6.07 Å². The molecule has 6 rings (SSSR count). The Morgan fingerprint density at radius 3 is 1.96 bits per heavy atom. The SMILES string of the molecule is Oc1cc(O)c2c(c1)CC(Cl)=CCc1cc(c(Cl)cc1O)Oc1c(O)cc(cc1O)CCC(Cl)=CCCc1cc(c(Br)cc1O)O2. The normalized spacial score (nSPS) is 14.3. The molecule has 2 aliphatic heterocycles. The fourth-order valence-electron chi connectivity index (χ4n) is 4.94. The summed E-state index contributed by atoms with van der Waals surface area (Å²) in [7, 11) is 0. The van der Waals surface area contributed by atoms with Crippen molar-refractivity contribution in [3.63, 3.8) is 0 Å². The minimum Gasteiger partial charge on any atom is -0.508 e. The van der Waals surface area contributed by atoms with Gasteiger partial charge in [-0.15, -0.1) is 0 Å². The standard InChI is InChI=1S/C34H28BrCl3O8/c35-24-15-26(40)18-2-1-3-21(36)6-4-17-8-28(42)34(29(43)9-17)46-32-13-19(27(41)16-25(32)38)5-7-22(37)10-20-11-23(39)14-30(44)33(20)45-31(24)12-18/h3,7-9,11-16,39-44H,1-2,4-6,10H2. The molecule has 8 nitrogen and oxygen atoms in total. The number of hydrogen-bond donors (Lipinski definition) is 6. The van der Waals surface area contributed by atoms with Gasteiger partial charge in [-0.25, -0.2) is 0 Å². The van der Waals surface area contributed by atoms with E-state index in [9.17, 15) is 30.6 Å². The van der Waals surface area contributed by atoms with Crippen molar-refractivity contribution in [2.75, 3.05) is 0 Å². The average molecular weight is 751 g/mol.